The third kappa shape index (κ3) is 4.45. The Hall–Kier alpha value is -0.920. The molecule has 0 aliphatic heterocycles. The van der Waals surface area contributed by atoms with E-state index < -0.39 is 0 Å². The third-order valence-electron chi connectivity index (χ3n) is 2.53. The van der Waals surface area contributed by atoms with Gasteiger partial charge in [0.15, 0.2) is 0 Å². The number of nitrogens with zero attached hydrogens (tertiary/aromatic N) is 3. The molecule has 0 aromatic carbocycles. The minimum atomic E-state index is 0.0713. The van der Waals surface area contributed by atoms with Crippen LogP contribution in [0.3, 0.4) is 0 Å². The Bertz CT molecular complexity index is 398. The molecule has 1 aromatic heterocycles. The molecular weight excluding hydrogens is 230 g/mol. The summed E-state index contributed by atoms with van der Waals surface area (Å²) < 4.78 is 0. The van der Waals surface area contributed by atoms with Crippen LogP contribution < -0.4 is 0 Å². The Labute approximate surface area is 108 Å². The highest BCUT2D eigenvalue weighted by atomic mass is 32.1. The summed E-state index contributed by atoms with van der Waals surface area (Å²) >= 11 is 1.70. The van der Waals surface area contributed by atoms with Crippen molar-refractivity contribution in [1.29, 1.82) is 5.26 Å². The zero-order valence-corrected chi connectivity index (χ0v) is 12.1. The SMILES string of the molecule is CC(C#N)CN(C)Cc1nc(C(C)(C)C)cs1. The molecule has 1 aromatic rings. The van der Waals surface area contributed by atoms with Gasteiger partial charge in [0.05, 0.1) is 24.2 Å². The van der Waals surface area contributed by atoms with Gasteiger partial charge in [-0.2, -0.15) is 5.26 Å². The second kappa shape index (κ2) is 5.61. The van der Waals surface area contributed by atoms with Crippen LogP contribution in [0.5, 0.6) is 0 Å². The van der Waals surface area contributed by atoms with Gasteiger partial charge in [-0.25, -0.2) is 4.98 Å². The van der Waals surface area contributed by atoms with Crippen LogP contribution in [0.2, 0.25) is 0 Å². The van der Waals surface area contributed by atoms with E-state index in [2.05, 4.69) is 42.1 Å². The van der Waals surface area contributed by atoms with Gasteiger partial charge in [-0.3, -0.25) is 4.90 Å². The molecule has 0 fully saturated rings. The number of nitriles is 1. The number of hydrogen-bond acceptors (Lipinski definition) is 4. The molecule has 0 aliphatic rings. The van der Waals surface area contributed by atoms with Crippen LogP contribution in [0, 0.1) is 17.2 Å². The molecular formula is C13H21N3S. The van der Waals surface area contributed by atoms with Crippen molar-refractivity contribution < 1.29 is 0 Å². The van der Waals surface area contributed by atoms with Crippen molar-refractivity contribution in [2.75, 3.05) is 13.6 Å². The van der Waals surface area contributed by atoms with E-state index in [-0.39, 0.29) is 11.3 Å². The third-order valence-corrected chi connectivity index (χ3v) is 3.36. The molecule has 4 heteroatoms. The van der Waals surface area contributed by atoms with E-state index in [4.69, 9.17) is 5.26 Å². The molecule has 0 saturated heterocycles. The fraction of sp³-hybridized carbons (Fsp3) is 0.692. The van der Waals surface area contributed by atoms with E-state index in [0.717, 1.165) is 23.8 Å². The summed E-state index contributed by atoms with van der Waals surface area (Å²) in [6.07, 6.45) is 0. The number of hydrogen-bond donors (Lipinski definition) is 0. The highest BCUT2D eigenvalue weighted by Crippen LogP contribution is 2.24. The van der Waals surface area contributed by atoms with Crippen LogP contribution in [0.25, 0.3) is 0 Å². The first-order valence-electron chi connectivity index (χ1n) is 5.86. The van der Waals surface area contributed by atoms with Crippen LogP contribution in [-0.2, 0) is 12.0 Å². The van der Waals surface area contributed by atoms with E-state index in [1.54, 1.807) is 11.3 Å². The van der Waals surface area contributed by atoms with Crippen LogP contribution >= 0.6 is 11.3 Å². The van der Waals surface area contributed by atoms with Crippen LogP contribution in [0.15, 0.2) is 5.38 Å². The number of aromatic nitrogens is 1. The molecule has 1 unspecified atom stereocenters. The van der Waals surface area contributed by atoms with Crippen molar-refractivity contribution in [3.05, 3.63) is 16.1 Å². The maximum atomic E-state index is 8.77. The molecule has 94 valence electrons. The summed E-state index contributed by atoms with van der Waals surface area (Å²) in [5.41, 5.74) is 1.27. The topological polar surface area (TPSA) is 39.9 Å². The van der Waals surface area contributed by atoms with Crippen LogP contribution in [0.4, 0.5) is 0 Å². The molecule has 0 spiro atoms. The van der Waals surface area contributed by atoms with Crippen molar-refractivity contribution >= 4 is 11.3 Å². The van der Waals surface area contributed by atoms with E-state index in [1.807, 2.05) is 14.0 Å². The van der Waals surface area contributed by atoms with Crippen LogP contribution in [-0.4, -0.2) is 23.5 Å². The summed E-state index contributed by atoms with van der Waals surface area (Å²) in [5.74, 6) is 0.0713. The number of thiazole rings is 1. The van der Waals surface area contributed by atoms with Gasteiger partial charge in [-0.1, -0.05) is 20.8 Å². The molecule has 0 saturated carbocycles. The van der Waals surface area contributed by atoms with Crippen molar-refractivity contribution in [2.24, 2.45) is 5.92 Å². The lowest BCUT2D eigenvalue weighted by molar-refractivity contribution is 0.302. The molecule has 0 bridgehead atoms. The van der Waals surface area contributed by atoms with Crippen LogP contribution in [0.1, 0.15) is 38.4 Å². The van der Waals surface area contributed by atoms with Gasteiger partial charge in [-0.15, -0.1) is 11.3 Å². The molecule has 17 heavy (non-hydrogen) atoms. The molecule has 0 radical (unpaired) electrons. The summed E-state index contributed by atoms with van der Waals surface area (Å²) in [7, 11) is 2.03. The zero-order chi connectivity index (χ0) is 13.1. The van der Waals surface area contributed by atoms with Gasteiger partial charge in [0.2, 0.25) is 0 Å². The predicted octanol–water partition coefficient (Wildman–Crippen LogP) is 3.03. The van der Waals surface area contributed by atoms with Gasteiger partial charge in [0.25, 0.3) is 0 Å². The van der Waals surface area contributed by atoms with Gasteiger partial charge in [0, 0.05) is 17.3 Å². The molecule has 0 amide bonds. The summed E-state index contributed by atoms with van der Waals surface area (Å²) in [6, 6.07) is 2.25. The lowest BCUT2D eigenvalue weighted by atomic mass is 9.93. The second-order valence-electron chi connectivity index (χ2n) is 5.60. The first kappa shape index (κ1) is 14.1. The fourth-order valence-corrected chi connectivity index (χ4v) is 2.63. The van der Waals surface area contributed by atoms with E-state index >= 15 is 0 Å². The normalized spacial score (nSPS) is 13.7. The maximum Gasteiger partial charge on any atom is 0.107 e. The minimum Gasteiger partial charge on any atom is -0.298 e. The lowest BCUT2D eigenvalue weighted by Gasteiger charge is -2.17. The predicted molar refractivity (Wildman–Crippen MR) is 71.9 cm³/mol. The second-order valence-corrected chi connectivity index (χ2v) is 6.55. The fourth-order valence-electron chi connectivity index (χ4n) is 1.53. The molecule has 1 atom stereocenters. The van der Waals surface area contributed by atoms with Gasteiger partial charge >= 0.3 is 0 Å². The van der Waals surface area contributed by atoms with E-state index in [9.17, 15) is 0 Å². The van der Waals surface area contributed by atoms with Crippen molar-refractivity contribution in [3.8, 4) is 6.07 Å². The summed E-state index contributed by atoms with van der Waals surface area (Å²) in [4.78, 5) is 6.80. The zero-order valence-electron chi connectivity index (χ0n) is 11.3. The Morgan fingerprint density at radius 3 is 2.65 bits per heavy atom. The smallest absolute Gasteiger partial charge is 0.107 e. The summed E-state index contributed by atoms with van der Waals surface area (Å²) in [6.45, 7) is 10.1. The van der Waals surface area contributed by atoms with Gasteiger partial charge < -0.3 is 0 Å². The Morgan fingerprint density at radius 2 is 2.18 bits per heavy atom. The Morgan fingerprint density at radius 1 is 1.53 bits per heavy atom. The van der Waals surface area contributed by atoms with E-state index in [0.29, 0.717) is 0 Å². The monoisotopic (exact) mass is 251 g/mol. The molecule has 0 N–H and O–H groups in total. The highest BCUT2D eigenvalue weighted by Gasteiger charge is 2.18. The van der Waals surface area contributed by atoms with E-state index in [1.165, 1.54) is 0 Å². The van der Waals surface area contributed by atoms with Gasteiger partial charge in [-0.05, 0) is 14.0 Å². The van der Waals surface area contributed by atoms with Gasteiger partial charge in [0.1, 0.15) is 5.01 Å². The average molecular weight is 251 g/mol. The quantitative estimate of drug-likeness (QED) is 0.825. The standard InChI is InChI=1S/C13H21N3S/c1-10(6-14)7-16(5)8-12-15-11(9-17-12)13(2,3)4/h9-10H,7-8H2,1-5H3. The summed E-state index contributed by atoms with van der Waals surface area (Å²) in [5, 5.41) is 12.0. The molecule has 3 nitrogen and oxygen atoms in total. The Kier molecular flexibility index (Phi) is 4.67. The Balaban J connectivity index is 2.58. The first-order valence-corrected chi connectivity index (χ1v) is 6.74. The highest BCUT2D eigenvalue weighted by molar-refractivity contribution is 7.09. The first-order chi connectivity index (χ1) is 7.82. The minimum absolute atomic E-state index is 0.0713. The molecule has 0 aliphatic carbocycles. The maximum absolute atomic E-state index is 8.77. The lowest BCUT2D eigenvalue weighted by Crippen LogP contribution is -2.23. The average Bonchev–Trinajstić information content (AvgIpc) is 2.65. The number of rotatable bonds is 4. The van der Waals surface area contributed by atoms with Crippen molar-refractivity contribution in [1.82, 2.24) is 9.88 Å². The molecule has 1 rings (SSSR count). The van der Waals surface area contributed by atoms with Crippen molar-refractivity contribution in [2.45, 2.75) is 39.7 Å². The molecule has 1 heterocycles. The van der Waals surface area contributed by atoms with Crippen molar-refractivity contribution in [3.63, 3.8) is 0 Å². The largest absolute Gasteiger partial charge is 0.298 e.